The van der Waals surface area contributed by atoms with Crippen LogP contribution in [0.4, 0.5) is 0 Å². The molecule has 2 aromatic heterocycles. The van der Waals surface area contributed by atoms with Gasteiger partial charge in [-0.05, 0) is 43.4 Å². The van der Waals surface area contributed by atoms with E-state index in [1.807, 2.05) is 0 Å². The standard InChI is InChI=1S/C26H32N6O4S/c1-37(35,36)31-10-4-17(5-11-31)18-2-3-19-20-13-29-14-21(25(27)34)24(20)32(22(19)12-18)30-9-6-23(33)26(16-30)7-8-28-15-26/h2-3,12-14,17,28H,4-11,15-16H2,1H3,(H2,27,34). The van der Waals surface area contributed by atoms with Crippen LogP contribution >= 0.6 is 0 Å². The first-order valence-corrected chi connectivity index (χ1v) is 14.7. The fraction of sp³-hybridized carbons (Fsp3) is 0.500. The highest BCUT2D eigenvalue weighted by Gasteiger charge is 2.45. The number of hydrogen-bond acceptors (Lipinski definition) is 7. The molecule has 37 heavy (non-hydrogen) atoms. The number of nitrogens with zero attached hydrogens (tertiary/aromatic N) is 4. The van der Waals surface area contributed by atoms with Crippen molar-refractivity contribution in [3.8, 4) is 0 Å². The first-order valence-electron chi connectivity index (χ1n) is 12.8. The van der Waals surface area contributed by atoms with Crippen molar-refractivity contribution in [2.45, 2.75) is 31.6 Å². The second kappa shape index (κ2) is 8.78. The lowest BCUT2D eigenvalue weighted by molar-refractivity contribution is -0.128. The van der Waals surface area contributed by atoms with Gasteiger partial charge in [-0.3, -0.25) is 19.2 Å². The number of hydrogen-bond donors (Lipinski definition) is 2. The molecule has 0 radical (unpaired) electrons. The lowest BCUT2D eigenvalue weighted by atomic mass is 9.78. The molecule has 0 bridgehead atoms. The fourth-order valence-electron chi connectivity index (χ4n) is 6.50. The molecule has 3 aromatic rings. The Hall–Kier alpha value is -3.02. The van der Waals surface area contributed by atoms with Crippen molar-refractivity contribution >= 4 is 43.5 Å². The molecule has 5 heterocycles. The number of aromatic nitrogens is 2. The normalized spacial score (nSPS) is 24.0. The molecule has 1 unspecified atom stereocenters. The quantitative estimate of drug-likeness (QED) is 0.526. The largest absolute Gasteiger partial charge is 0.365 e. The highest BCUT2D eigenvalue weighted by atomic mass is 32.2. The van der Waals surface area contributed by atoms with Crippen molar-refractivity contribution in [3.63, 3.8) is 0 Å². The fourth-order valence-corrected chi connectivity index (χ4v) is 7.37. The predicted molar refractivity (Wildman–Crippen MR) is 142 cm³/mol. The van der Waals surface area contributed by atoms with Crippen LogP contribution in [0.15, 0.2) is 30.6 Å². The van der Waals surface area contributed by atoms with E-state index in [1.54, 1.807) is 10.5 Å². The SMILES string of the molecule is CS(=O)(=O)N1CCC(c2ccc3c4cncc(C(N)=O)c4n(N4CCC(=O)C5(CCNC5)C4)c3c2)CC1. The summed E-state index contributed by atoms with van der Waals surface area (Å²) in [7, 11) is -3.19. The Bertz CT molecular complexity index is 1520. The van der Waals surface area contributed by atoms with Gasteiger partial charge in [0.25, 0.3) is 5.91 Å². The van der Waals surface area contributed by atoms with Crippen LogP contribution in [0.3, 0.4) is 0 Å². The first-order chi connectivity index (χ1) is 17.7. The Morgan fingerprint density at radius 1 is 1.16 bits per heavy atom. The van der Waals surface area contributed by atoms with E-state index in [2.05, 4.69) is 38.2 Å². The zero-order valence-corrected chi connectivity index (χ0v) is 21.8. The van der Waals surface area contributed by atoms with Gasteiger partial charge < -0.3 is 16.1 Å². The van der Waals surface area contributed by atoms with E-state index >= 15 is 0 Å². The van der Waals surface area contributed by atoms with E-state index in [4.69, 9.17) is 5.73 Å². The number of ketones is 1. The number of carbonyl (C=O) groups excluding carboxylic acids is 2. The molecule has 6 rings (SSSR count). The number of benzene rings is 1. The minimum atomic E-state index is -3.19. The van der Waals surface area contributed by atoms with Crippen LogP contribution in [0, 0.1) is 5.41 Å². The highest BCUT2D eigenvalue weighted by Crippen LogP contribution is 2.38. The van der Waals surface area contributed by atoms with Crippen molar-refractivity contribution in [2.75, 3.05) is 50.5 Å². The summed E-state index contributed by atoms with van der Waals surface area (Å²) in [6.07, 6.45) is 7.30. The first kappa shape index (κ1) is 24.3. The van der Waals surface area contributed by atoms with Crippen molar-refractivity contribution < 1.29 is 18.0 Å². The van der Waals surface area contributed by atoms with Crippen molar-refractivity contribution in [1.29, 1.82) is 0 Å². The molecule has 3 fully saturated rings. The van der Waals surface area contributed by atoms with E-state index in [9.17, 15) is 18.0 Å². The topological polar surface area (TPSA) is 131 Å². The molecule has 10 nitrogen and oxygen atoms in total. The number of piperidine rings is 2. The number of primary amides is 1. The maximum absolute atomic E-state index is 13.0. The molecule has 1 aromatic carbocycles. The second-order valence-electron chi connectivity index (χ2n) is 10.7. The number of carbonyl (C=O) groups is 2. The number of fused-ring (bicyclic) bond motifs is 3. The average molecular weight is 525 g/mol. The maximum Gasteiger partial charge on any atom is 0.252 e. The van der Waals surface area contributed by atoms with Crippen molar-refractivity contribution in [3.05, 3.63) is 41.7 Å². The summed E-state index contributed by atoms with van der Waals surface area (Å²) in [6, 6.07) is 6.34. The van der Waals surface area contributed by atoms with Gasteiger partial charge in [0.15, 0.2) is 0 Å². The van der Waals surface area contributed by atoms with Crippen LogP contribution in [0.5, 0.6) is 0 Å². The molecule has 3 aliphatic heterocycles. The lowest BCUT2D eigenvalue weighted by Crippen LogP contribution is -2.54. The van der Waals surface area contributed by atoms with Gasteiger partial charge in [0.2, 0.25) is 10.0 Å². The van der Waals surface area contributed by atoms with Crippen LogP contribution in [0.2, 0.25) is 0 Å². The lowest BCUT2D eigenvalue weighted by Gasteiger charge is -2.41. The summed E-state index contributed by atoms with van der Waals surface area (Å²) in [5, 5.41) is 7.38. The number of pyridine rings is 1. The monoisotopic (exact) mass is 524 g/mol. The Morgan fingerprint density at radius 3 is 2.62 bits per heavy atom. The van der Waals surface area contributed by atoms with Gasteiger partial charge in [-0.2, -0.15) is 0 Å². The van der Waals surface area contributed by atoms with Gasteiger partial charge in [-0.15, -0.1) is 0 Å². The number of sulfonamides is 1. The third-order valence-electron chi connectivity index (χ3n) is 8.53. The van der Waals surface area contributed by atoms with Gasteiger partial charge in [-0.1, -0.05) is 12.1 Å². The molecular weight excluding hydrogens is 492 g/mol. The van der Waals surface area contributed by atoms with Crippen molar-refractivity contribution in [2.24, 2.45) is 11.1 Å². The molecule has 3 aliphatic rings. The summed E-state index contributed by atoms with van der Waals surface area (Å²) < 4.78 is 27.6. The molecule has 0 aliphatic carbocycles. The highest BCUT2D eigenvalue weighted by molar-refractivity contribution is 7.88. The number of Topliss-reactive ketones (excluding diaryl/α,β-unsaturated/α-hetero) is 1. The van der Waals surface area contributed by atoms with E-state index < -0.39 is 21.3 Å². The van der Waals surface area contributed by atoms with E-state index in [0.29, 0.717) is 50.5 Å². The van der Waals surface area contributed by atoms with E-state index in [1.165, 1.54) is 12.5 Å². The van der Waals surface area contributed by atoms with E-state index in [0.717, 1.165) is 53.2 Å². The second-order valence-corrected chi connectivity index (χ2v) is 12.7. The molecule has 11 heteroatoms. The maximum atomic E-state index is 13.0. The van der Waals surface area contributed by atoms with Crippen molar-refractivity contribution in [1.82, 2.24) is 19.3 Å². The van der Waals surface area contributed by atoms with Gasteiger partial charge in [0.1, 0.15) is 5.78 Å². The Labute approximate surface area is 215 Å². The van der Waals surface area contributed by atoms with Crippen LogP contribution in [0.25, 0.3) is 21.8 Å². The molecule has 1 atom stereocenters. The van der Waals surface area contributed by atoms with Crippen LogP contribution in [0.1, 0.15) is 47.5 Å². The van der Waals surface area contributed by atoms with E-state index in [-0.39, 0.29) is 5.92 Å². The number of rotatable bonds is 4. The van der Waals surface area contributed by atoms with Gasteiger partial charge in [0, 0.05) is 62.3 Å². The molecular formula is C26H32N6O4S. The molecule has 1 amide bonds. The van der Waals surface area contributed by atoms with Crippen LogP contribution < -0.4 is 16.1 Å². The zero-order chi connectivity index (χ0) is 25.9. The summed E-state index contributed by atoms with van der Waals surface area (Å²) in [4.78, 5) is 29.8. The third-order valence-corrected chi connectivity index (χ3v) is 9.83. The molecule has 3 N–H and O–H groups in total. The summed E-state index contributed by atoms with van der Waals surface area (Å²) in [6.45, 7) is 3.60. The number of amides is 1. The molecule has 196 valence electrons. The summed E-state index contributed by atoms with van der Waals surface area (Å²) in [5.74, 6) is -0.0126. The molecule has 0 saturated carbocycles. The smallest absolute Gasteiger partial charge is 0.252 e. The number of nitrogens with two attached hydrogens (primary N) is 1. The average Bonchev–Trinajstić information content (AvgIpc) is 3.48. The Morgan fingerprint density at radius 2 is 1.95 bits per heavy atom. The Balaban J connectivity index is 1.48. The minimum absolute atomic E-state index is 0.232. The Kier molecular flexibility index (Phi) is 5.77. The summed E-state index contributed by atoms with van der Waals surface area (Å²) >= 11 is 0. The number of nitrogens with one attached hydrogen (secondary N) is 1. The van der Waals surface area contributed by atoms with Gasteiger partial charge in [0.05, 0.1) is 28.3 Å². The summed E-state index contributed by atoms with van der Waals surface area (Å²) in [5.41, 5.74) is 8.53. The van der Waals surface area contributed by atoms with Gasteiger partial charge in [-0.25, -0.2) is 12.7 Å². The minimum Gasteiger partial charge on any atom is -0.365 e. The predicted octanol–water partition coefficient (Wildman–Crippen LogP) is 1.32. The van der Waals surface area contributed by atoms with Gasteiger partial charge >= 0.3 is 0 Å². The van der Waals surface area contributed by atoms with Crippen LogP contribution in [-0.4, -0.2) is 79.6 Å². The molecule has 3 saturated heterocycles. The zero-order valence-electron chi connectivity index (χ0n) is 20.9. The molecule has 1 spiro atoms. The third kappa shape index (κ3) is 4.00. The van der Waals surface area contributed by atoms with Crippen LogP contribution in [-0.2, 0) is 14.8 Å².